The zero-order chi connectivity index (χ0) is 55.4. The number of aliphatic imine (C=N–C) groups is 4. The van der Waals surface area contributed by atoms with E-state index in [9.17, 15) is 10.2 Å². The van der Waals surface area contributed by atoms with Crippen molar-refractivity contribution in [2.45, 2.75) is 134 Å². The quantitative estimate of drug-likeness (QED) is 0.113. The third-order valence-corrected chi connectivity index (χ3v) is 13.2. The van der Waals surface area contributed by atoms with E-state index in [-0.39, 0.29) is 33.6 Å². The summed E-state index contributed by atoms with van der Waals surface area (Å²) >= 11 is 0. The van der Waals surface area contributed by atoms with E-state index in [1.165, 1.54) is 56.6 Å². The van der Waals surface area contributed by atoms with Gasteiger partial charge in [0, 0.05) is 0 Å². The minimum absolute atomic E-state index is 0. The minimum Gasteiger partial charge on any atom is -0.873 e. The Kier molecular flexibility index (Phi) is 23.9. The largest absolute Gasteiger partial charge is 1.00 e. The maximum absolute atomic E-state index is 10.9. The van der Waals surface area contributed by atoms with Gasteiger partial charge in [0.2, 0.25) is 0 Å². The van der Waals surface area contributed by atoms with E-state index in [1.807, 2.05) is 88.4 Å². The summed E-state index contributed by atoms with van der Waals surface area (Å²) in [6.07, 6.45) is 0. The predicted molar refractivity (Wildman–Crippen MR) is 320 cm³/mol. The minimum atomic E-state index is -0.436. The topological polar surface area (TPSA) is 121 Å². The Hall–Kier alpha value is -6.83. The number of pyridine rings is 2. The van der Waals surface area contributed by atoms with Crippen molar-refractivity contribution < 1.29 is 43.8 Å². The van der Waals surface area contributed by atoms with Gasteiger partial charge in [0.1, 0.15) is 0 Å². The Morgan fingerprint density at radius 3 is 0.782 bits per heavy atom. The second-order valence-electron chi connectivity index (χ2n) is 21.1. The molecule has 10 heteroatoms. The molecular weight excluding hydrogens is 1050 g/mol. The first-order chi connectivity index (χ1) is 36.1. The molecule has 0 aliphatic carbocycles. The van der Waals surface area contributed by atoms with Crippen LogP contribution in [-0.4, -0.2) is 32.8 Å². The predicted octanol–water partition coefficient (Wildman–Crippen LogP) is 17.4. The molecule has 0 unspecified atom stereocenters. The molecule has 0 amide bonds. The van der Waals surface area contributed by atoms with Gasteiger partial charge in [-0.3, -0.25) is 20.0 Å². The molecule has 0 atom stereocenters. The van der Waals surface area contributed by atoms with Gasteiger partial charge in [0.25, 0.3) is 0 Å². The van der Waals surface area contributed by atoms with Gasteiger partial charge in [0.15, 0.2) is 0 Å². The van der Waals surface area contributed by atoms with Gasteiger partial charge in [-0.2, -0.15) is 0 Å². The molecule has 2 aromatic heterocycles. The molecule has 8 nitrogen and oxygen atoms in total. The molecule has 8 rings (SSSR count). The molecule has 0 N–H and O–H groups in total. The van der Waals surface area contributed by atoms with Crippen molar-refractivity contribution in [1.82, 2.24) is 9.97 Å². The van der Waals surface area contributed by atoms with Gasteiger partial charge < -0.3 is 10.2 Å². The summed E-state index contributed by atoms with van der Waals surface area (Å²) in [5.74, 6) is 0.793. The molecule has 0 fully saturated rings. The SMILES string of the molecule is CC(=Nc1ccc(C)cc1C(C)C)c1cccc(C(C)=Nc2ccc(C)cc2C(C)C)n1.CC(=Nc1ccc(C)cc1C(C)C)c1cccc(C(C)=Nc2ccc(C)cc2C(C)C)n1.[Co+].[Co+].[O-]c1cc2ccccc2cc1[O-]. The van der Waals surface area contributed by atoms with Crippen molar-refractivity contribution in [3.05, 3.63) is 213 Å². The number of benzene rings is 6. The molecule has 0 saturated heterocycles. The molecule has 6 aromatic carbocycles. The monoisotopic (exact) mass is 1130 g/mol. The molecule has 0 aliphatic rings. The number of hydrogen-bond acceptors (Lipinski definition) is 8. The summed E-state index contributed by atoms with van der Waals surface area (Å²) in [7, 11) is 0. The number of fused-ring (bicyclic) bond motifs is 1. The fourth-order valence-electron chi connectivity index (χ4n) is 8.78. The van der Waals surface area contributed by atoms with Crippen LogP contribution < -0.4 is 10.2 Å². The van der Waals surface area contributed by atoms with Crippen LogP contribution in [0, 0.1) is 27.7 Å². The summed E-state index contributed by atoms with van der Waals surface area (Å²) in [6, 6.07) is 48.0. The van der Waals surface area contributed by atoms with Gasteiger partial charge >= 0.3 is 33.6 Å². The second kappa shape index (κ2) is 29.2. The zero-order valence-electron chi connectivity index (χ0n) is 48.3. The first-order valence-corrected chi connectivity index (χ1v) is 26.5. The van der Waals surface area contributed by atoms with Gasteiger partial charge in [-0.15, -0.1) is 11.5 Å². The van der Waals surface area contributed by atoms with Crippen molar-refractivity contribution in [2.75, 3.05) is 0 Å². The standard InChI is InChI=1S/2C29H35N3.C10H8O2.2Co/c2*1-18(2)24-16-20(5)12-14-28(24)30-22(7)26-10-9-11-27(32-26)23(8)31-29-15-13-21(6)17-25(29)19(3)4;11-9-5-7-3-1-2-4-8(7)6-10(9)12;;/h2*9-19H,1-8H3;1-6,11-12H;;/q;;;2*+1/p-2. The fraction of sp³-hybridized carbons (Fsp3) is 0.294. The molecule has 0 saturated carbocycles. The molecule has 2 heterocycles. The molecule has 0 spiro atoms. The first-order valence-electron chi connectivity index (χ1n) is 26.5. The van der Waals surface area contributed by atoms with Crippen molar-refractivity contribution in [3.63, 3.8) is 0 Å². The van der Waals surface area contributed by atoms with Crippen LogP contribution in [0.15, 0.2) is 166 Å². The van der Waals surface area contributed by atoms with E-state index >= 15 is 0 Å². The van der Waals surface area contributed by atoms with Gasteiger partial charge in [-0.05, 0) is 161 Å². The summed E-state index contributed by atoms with van der Waals surface area (Å²) in [6.45, 7) is 34.3. The van der Waals surface area contributed by atoms with E-state index < -0.39 is 11.5 Å². The third kappa shape index (κ3) is 17.3. The van der Waals surface area contributed by atoms with Crippen LogP contribution in [-0.2, 0) is 33.6 Å². The van der Waals surface area contributed by atoms with Crippen LogP contribution in [0.25, 0.3) is 10.8 Å². The smallest absolute Gasteiger partial charge is 0.873 e. The fourth-order valence-corrected chi connectivity index (χ4v) is 8.78. The third-order valence-electron chi connectivity index (χ3n) is 13.2. The maximum atomic E-state index is 10.9. The number of nitrogens with zero attached hydrogens (tertiary/aromatic N) is 6. The Bertz CT molecular complexity index is 3060. The number of rotatable bonds is 12. The van der Waals surface area contributed by atoms with Crippen molar-refractivity contribution >= 4 is 56.4 Å². The maximum Gasteiger partial charge on any atom is 1.00 e. The first kappa shape index (κ1) is 63.7. The van der Waals surface area contributed by atoms with Gasteiger partial charge in [-0.1, -0.05) is 175 Å². The Morgan fingerprint density at radius 1 is 0.333 bits per heavy atom. The second-order valence-corrected chi connectivity index (χ2v) is 21.1. The van der Waals surface area contributed by atoms with Crippen LogP contribution in [0.1, 0.15) is 174 Å². The molecule has 408 valence electrons. The Balaban J connectivity index is 0.000000271. The van der Waals surface area contributed by atoms with Crippen LogP contribution in [0.4, 0.5) is 22.7 Å². The molecule has 0 bridgehead atoms. The van der Waals surface area contributed by atoms with Crippen LogP contribution in [0.2, 0.25) is 0 Å². The number of aromatic nitrogens is 2. The normalized spacial score (nSPS) is 12.0. The van der Waals surface area contributed by atoms with Crippen LogP contribution >= 0.6 is 0 Å². The molecule has 0 radical (unpaired) electrons. The average Bonchev–Trinajstić information content (AvgIpc) is 3.38. The van der Waals surface area contributed by atoms with Crippen LogP contribution in [0.3, 0.4) is 0 Å². The summed E-state index contributed by atoms with van der Waals surface area (Å²) in [4.78, 5) is 29.5. The van der Waals surface area contributed by atoms with Crippen molar-refractivity contribution in [3.8, 4) is 11.5 Å². The average molecular weight is 1130 g/mol. The zero-order valence-corrected chi connectivity index (χ0v) is 50.4. The molecular formula is C68H76Co2N6O2. The van der Waals surface area contributed by atoms with Crippen molar-refractivity contribution in [2.24, 2.45) is 20.0 Å². The van der Waals surface area contributed by atoms with Crippen molar-refractivity contribution in [1.29, 1.82) is 0 Å². The van der Waals surface area contributed by atoms with E-state index in [0.29, 0.717) is 23.7 Å². The Labute approximate surface area is 485 Å². The van der Waals surface area contributed by atoms with Gasteiger partial charge in [0.05, 0.1) is 68.4 Å². The van der Waals surface area contributed by atoms with Crippen LogP contribution in [0.5, 0.6) is 11.5 Å². The summed E-state index contributed by atoms with van der Waals surface area (Å²) in [5.41, 5.74) is 21.3. The number of aryl methyl sites for hydroxylation is 4. The summed E-state index contributed by atoms with van der Waals surface area (Å²) < 4.78 is 0. The van der Waals surface area contributed by atoms with Gasteiger partial charge in [-0.25, -0.2) is 9.97 Å². The van der Waals surface area contributed by atoms with E-state index in [0.717, 1.165) is 79.1 Å². The van der Waals surface area contributed by atoms with E-state index in [2.05, 4.69) is 156 Å². The molecule has 8 aromatic rings. The molecule has 78 heavy (non-hydrogen) atoms. The number of hydrogen-bond donors (Lipinski definition) is 0. The molecule has 0 aliphatic heterocycles. The van der Waals surface area contributed by atoms with E-state index in [1.54, 1.807) is 0 Å². The van der Waals surface area contributed by atoms with E-state index in [4.69, 9.17) is 29.9 Å². The summed E-state index contributed by atoms with van der Waals surface area (Å²) in [5, 5.41) is 23.5. The Morgan fingerprint density at radius 2 is 0.564 bits per heavy atom.